The maximum atomic E-state index is 13.6. The summed E-state index contributed by atoms with van der Waals surface area (Å²) < 4.78 is 0. The van der Waals surface area contributed by atoms with E-state index < -0.39 is 0 Å². The Bertz CT molecular complexity index is 1190. The third-order valence-electron chi connectivity index (χ3n) is 8.55. The first-order valence-corrected chi connectivity index (χ1v) is 15.5. The molecule has 2 aliphatic carbocycles. The van der Waals surface area contributed by atoms with Crippen LogP contribution in [0, 0.1) is 30.6 Å². The third kappa shape index (κ3) is 8.59. The third-order valence-corrected chi connectivity index (χ3v) is 8.55. The standard InChI is InChI=1S/C37H50O3/c1-7-13-31(32(8-2)35(39)21-27(6)38)22-29-23-34-33(19-16-26(5)37(34)36(40)24-29)30-15-12-10-9-11-14-28(17-18-30)20-25(3)4/h9-12,16-19,25,29,31-32H,7-8,13-15,20-24H2,1-6H3/b11-9-,12-10-,28-17+,30-18+. The monoisotopic (exact) mass is 542 g/mol. The minimum Gasteiger partial charge on any atom is -0.300 e. The van der Waals surface area contributed by atoms with Crippen molar-refractivity contribution in [3.05, 3.63) is 76.4 Å². The molecule has 0 bridgehead atoms. The van der Waals surface area contributed by atoms with Crippen LogP contribution in [0.2, 0.25) is 0 Å². The van der Waals surface area contributed by atoms with Crippen LogP contribution in [0.3, 0.4) is 0 Å². The van der Waals surface area contributed by atoms with Crippen molar-refractivity contribution in [1.29, 1.82) is 0 Å². The Morgan fingerprint density at radius 2 is 1.73 bits per heavy atom. The maximum absolute atomic E-state index is 13.6. The quantitative estimate of drug-likeness (QED) is 0.247. The van der Waals surface area contributed by atoms with E-state index in [1.807, 2.05) is 0 Å². The van der Waals surface area contributed by atoms with Crippen LogP contribution in [-0.2, 0) is 16.0 Å². The van der Waals surface area contributed by atoms with Crippen molar-refractivity contribution in [2.24, 2.45) is 23.7 Å². The Kier molecular flexibility index (Phi) is 12.1. The predicted molar refractivity (Wildman–Crippen MR) is 167 cm³/mol. The zero-order chi connectivity index (χ0) is 29.2. The van der Waals surface area contributed by atoms with Crippen molar-refractivity contribution in [1.82, 2.24) is 0 Å². The number of hydrogen-bond donors (Lipinski definition) is 0. The summed E-state index contributed by atoms with van der Waals surface area (Å²) in [5.41, 5.74) is 7.03. The lowest BCUT2D eigenvalue weighted by Crippen LogP contribution is -2.30. The zero-order valence-corrected chi connectivity index (χ0v) is 25.7. The molecule has 0 aromatic heterocycles. The van der Waals surface area contributed by atoms with Crippen LogP contribution in [0.4, 0.5) is 0 Å². The lowest BCUT2D eigenvalue weighted by atomic mass is 9.71. The molecule has 0 amide bonds. The Hall–Kier alpha value is -2.81. The molecule has 0 fully saturated rings. The number of Topliss-reactive ketones (excluding diaryl/α,β-unsaturated/α-hetero) is 3. The average molecular weight is 543 g/mol. The van der Waals surface area contributed by atoms with E-state index in [1.165, 1.54) is 29.2 Å². The highest BCUT2D eigenvalue weighted by molar-refractivity contribution is 6.01. The van der Waals surface area contributed by atoms with E-state index in [0.717, 1.165) is 62.5 Å². The van der Waals surface area contributed by atoms with Crippen molar-refractivity contribution in [2.75, 3.05) is 0 Å². The van der Waals surface area contributed by atoms with E-state index in [-0.39, 0.29) is 41.5 Å². The van der Waals surface area contributed by atoms with E-state index in [0.29, 0.717) is 12.3 Å². The number of rotatable bonds is 12. The molecule has 2 aliphatic rings. The second-order valence-corrected chi connectivity index (χ2v) is 12.5. The first-order chi connectivity index (χ1) is 19.1. The molecule has 0 saturated heterocycles. The van der Waals surface area contributed by atoms with Gasteiger partial charge in [-0.25, -0.2) is 0 Å². The molecule has 40 heavy (non-hydrogen) atoms. The van der Waals surface area contributed by atoms with Gasteiger partial charge in [0.25, 0.3) is 0 Å². The van der Waals surface area contributed by atoms with E-state index in [9.17, 15) is 14.4 Å². The number of hydrogen-bond acceptors (Lipinski definition) is 3. The summed E-state index contributed by atoms with van der Waals surface area (Å²) >= 11 is 0. The SMILES string of the molecule is CCCC(CC1CC(=O)c2c(C)ccc(/C3=C/C=C(/CC(C)C)C/C=C\C=C/C3)c2C1)C(CC)C(=O)CC(C)=O. The highest BCUT2D eigenvalue weighted by Crippen LogP contribution is 2.39. The van der Waals surface area contributed by atoms with Crippen LogP contribution < -0.4 is 0 Å². The van der Waals surface area contributed by atoms with Crippen LogP contribution in [0.25, 0.3) is 5.57 Å². The summed E-state index contributed by atoms with van der Waals surface area (Å²) in [6.07, 6.45) is 21.1. The van der Waals surface area contributed by atoms with Crippen molar-refractivity contribution in [3.8, 4) is 0 Å². The number of carbonyl (C=O) groups is 3. The highest BCUT2D eigenvalue weighted by Gasteiger charge is 2.34. The summed E-state index contributed by atoms with van der Waals surface area (Å²) in [7, 11) is 0. The van der Waals surface area contributed by atoms with Gasteiger partial charge in [-0.3, -0.25) is 14.4 Å². The van der Waals surface area contributed by atoms with Crippen LogP contribution in [0.15, 0.2) is 54.2 Å². The molecule has 0 aliphatic heterocycles. The van der Waals surface area contributed by atoms with Gasteiger partial charge >= 0.3 is 0 Å². The normalized spacial score (nSPS) is 23.3. The zero-order valence-electron chi connectivity index (χ0n) is 25.7. The van der Waals surface area contributed by atoms with Gasteiger partial charge < -0.3 is 0 Å². The second-order valence-electron chi connectivity index (χ2n) is 12.5. The summed E-state index contributed by atoms with van der Waals surface area (Å²) in [4.78, 5) is 38.4. The molecule has 1 aromatic carbocycles. The van der Waals surface area contributed by atoms with Crippen molar-refractivity contribution < 1.29 is 14.4 Å². The molecule has 3 heteroatoms. The molecular formula is C37H50O3. The Morgan fingerprint density at radius 1 is 1.00 bits per heavy atom. The molecule has 3 unspecified atom stereocenters. The average Bonchev–Trinajstić information content (AvgIpc) is 2.88. The van der Waals surface area contributed by atoms with Gasteiger partial charge in [0.05, 0.1) is 6.42 Å². The molecule has 0 N–H and O–H groups in total. The molecule has 1 aromatic rings. The second kappa shape index (κ2) is 15.3. The minimum atomic E-state index is -0.110. The first-order valence-electron chi connectivity index (χ1n) is 15.5. The summed E-state index contributed by atoms with van der Waals surface area (Å²) in [5, 5.41) is 0. The Balaban J connectivity index is 1.98. The topological polar surface area (TPSA) is 51.2 Å². The van der Waals surface area contributed by atoms with Gasteiger partial charge in [-0.05, 0) is 92.4 Å². The van der Waals surface area contributed by atoms with E-state index in [1.54, 1.807) is 0 Å². The van der Waals surface area contributed by atoms with Crippen LogP contribution in [0.1, 0.15) is 119 Å². The van der Waals surface area contributed by atoms with Gasteiger partial charge in [-0.15, -0.1) is 0 Å². The lowest BCUT2D eigenvalue weighted by molar-refractivity contribution is -0.129. The number of aryl methyl sites for hydroxylation is 1. The summed E-state index contributed by atoms with van der Waals surface area (Å²) in [6, 6.07) is 4.33. The molecule has 3 nitrogen and oxygen atoms in total. The van der Waals surface area contributed by atoms with Gasteiger partial charge in [0, 0.05) is 17.9 Å². The summed E-state index contributed by atoms with van der Waals surface area (Å²) in [5.74, 6) is 1.16. The van der Waals surface area contributed by atoms with Gasteiger partial charge in [-0.1, -0.05) is 94.7 Å². The molecule has 0 saturated carbocycles. The minimum absolute atomic E-state index is 0.0255. The first kappa shape index (κ1) is 31.7. The van der Waals surface area contributed by atoms with E-state index in [4.69, 9.17) is 0 Å². The number of fused-ring (bicyclic) bond motifs is 1. The van der Waals surface area contributed by atoms with Crippen molar-refractivity contribution in [3.63, 3.8) is 0 Å². The smallest absolute Gasteiger partial charge is 0.163 e. The van der Waals surface area contributed by atoms with E-state index >= 15 is 0 Å². The fourth-order valence-corrected chi connectivity index (χ4v) is 6.84. The number of allylic oxidation sites excluding steroid dienone is 8. The van der Waals surface area contributed by atoms with Crippen molar-refractivity contribution >= 4 is 22.9 Å². The largest absolute Gasteiger partial charge is 0.300 e. The molecule has 0 spiro atoms. The Labute approximate surface area is 242 Å². The Morgan fingerprint density at radius 3 is 2.38 bits per heavy atom. The van der Waals surface area contributed by atoms with Gasteiger partial charge in [0.2, 0.25) is 0 Å². The maximum Gasteiger partial charge on any atom is 0.163 e. The molecule has 3 atom stereocenters. The van der Waals surface area contributed by atoms with Gasteiger partial charge in [0.1, 0.15) is 11.6 Å². The molecule has 216 valence electrons. The van der Waals surface area contributed by atoms with Crippen LogP contribution in [-0.4, -0.2) is 17.3 Å². The van der Waals surface area contributed by atoms with Crippen LogP contribution in [0.5, 0.6) is 0 Å². The number of benzene rings is 1. The fourth-order valence-electron chi connectivity index (χ4n) is 6.84. The molecule has 3 rings (SSSR count). The fraction of sp³-hybridized carbons (Fsp3) is 0.541. The van der Waals surface area contributed by atoms with Crippen molar-refractivity contribution in [2.45, 2.75) is 106 Å². The number of carbonyl (C=O) groups excluding carboxylic acids is 3. The highest BCUT2D eigenvalue weighted by atomic mass is 16.1. The van der Waals surface area contributed by atoms with Gasteiger partial charge in [-0.2, -0.15) is 0 Å². The predicted octanol–water partition coefficient (Wildman–Crippen LogP) is 9.38. The van der Waals surface area contributed by atoms with Crippen LogP contribution >= 0.6 is 0 Å². The van der Waals surface area contributed by atoms with E-state index in [2.05, 4.69) is 83.2 Å². The number of ketones is 3. The summed E-state index contributed by atoms with van der Waals surface area (Å²) in [6.45, 7) is 12.3. The lowest BCUT2D eigenvalue weighted by Gasteiger charge is -2.33. The molecule has 0 radical (unpaired) electrons. The molecule has 0 heterocycles. The molecular weight excluding hydrogens is 492 g/mol. The van der Waals surface area contributed by atoms with Gasteiger partial charge in [0.15, 0.2) is 5.78 Å².